The average molecular weight is 302 g/mol. The van der Waals surface area contributed by atoms with E-state index < -0.39 is 0 Å². The molecule has 3 nitrogen and oxygen atoms in total. The maximum Gasteiger partial charge on any atom is 0.222 e. The van der Waals surface area contributed by atoms with Crippen molar-refractivity contribution in [3.8, 4) is 0 Å². The smallest absolute Gasteiger partial charge is 0.222 e. The van der Waals surface area contributed by atoms with Crippen molar-refractivity contribution in [2.75, 3.05) is 20.6 Å². The fraction of sp³-hybridized carbons (Fsp3) is 0.471. The number of rotatable bonds is 3. The molecule has 0 aliphatic carbocycles. The fourth-order valence-corrected chi connectivity index (χ4v) is 4.15. The third kappa shape index (κ3) is 3.27. The van der Waals surface area contributed by atoms with Crippen molar-refractivity contribution >= 4 is 27.3 Å². The van der Waals surface area contributed by atoms with Gasteiger partial charge in [0.1, 0.15) is 0 Å². The monoisotopic (exact) mass is 302 g/mol. The minimum Gasteiger partial charge on any atom is -0.346 e. The Labute approximate surface area is 130 Å². The van der Waals surface area contributed by atoms with E-state index >= 15 is 0 Å². The zero-order valence-electron chi connectivity index (χ0n) is 12.7. The highest BCUT2D eigenvalue weighted by molar-refractivity contribution is 7.19. The number of hydrogen-bond acceptors (Lipinski definition) is 3. The maximum absolute atomic E-state index is 11.8. The summed E-state index contributed by atoms with van der Waals surface area (Å²) in [5.41, 5.74) is 0. The first kappa shape index (κ1) is 14.5. The Hall–Kier alpha value is -1.39. The maximum atomic E-state index is 11.8. The third-order valence-corrected chi connectivity index (χ3v) is 5.52. The van der Waals surface area contributed by atoms with Gasteiger partial charge in [0.2, 0.25) is 5.91 Å². The molecule has 2 aromatic rings. The van der Waals surface area contributed by atoms with Gasteiger partial charge in [-0.3, -0.25) is 9.69 Å². The molecule has 1 aliphatic rings. The number of nitrogens with zero attached hydrogens (tertiary/aromatic N) is 2. The number of amides is 1. The lowest BCUT2D eigenvalue weighted by molar-refractivity contribution is -0.129. The molecule has 1 aromatic carbocycles. The van der Waals surface area contributed by atoms with Crippen LogP contribution in [0.1, 0.15) is 24.1 Å². The molecule has 112 valence electrons. The molecule has 0 N–H and O–H groups in total. The van der Waals surface area contributed by atoms with Crippen LogP contribution in [0.2, 0.25) is 0 Å². The summed E-state index contributed by atoms with van der Waals surface area (Å²) < 4.78 is 1.36. The molecule has 2 heterocycles. The summed E-state index contributed by atoms with van der Waals surface area (Å²) in [4.78, 5) is 17.5. The van der Waals surface area contributed by atoms with E-state index in [2.05, 4.69) is 42.3 Å². The van der Waals surface area contributed by atoms with Crippen molar-refractivity contribution in [2.45, 2.75) is 31.8 Å². The van der Waals surface area contributed by atoms with Gasteiger partial charge in [-0.1, -0.05) is 18.2 Å². The molecule has 1 unspecified atom stereocenters. The lowest BCUT2D eigenvalue weighted by Gasteiger charge is -2.26. The largest absolute Gasteiger partial charge is 0.346 e. The van der Waals surface area contributed by atoms with Crippen molar-refractivity contribution < 1.29 is 4.79 Å². The number of thiophene rings is 1. The Kier molecular flexibility index (Phi) is 4.27. The zero-order valence-corrected chi connectivity index (χ0v) is 13.5. The van der Waals surface area contributed by atoms with Crippen LogP contribution in [0.3, 0.4) is 0 Å². The van der Waals surface area contributed by atoms with Gasteiger partial charge in [-0.05, 0) is 37.4 Å². The summed E-state index contributed by atoms with van der Waals surface area (Å²) in [5, 5.41) is 1.33. The van der Waals surface area contributed by atoms with Gasteiger partial charge < -0.3 is 4.90 Å². The summed E-state index contributed by atoms with van der Waals surface area (Å²) in [6.07, 6.45) is 2.73. The predicted octanol–water partition coefficient (Wildman–Crippen LogP) is 3.34. The van der Waals surface area contributed by atoms with Crippen LogP contribution in [-0.4, -0.2) is 42.4 Å². The first-order chi connectivity index (χ1) is 10.1. The van der Waals surface area contributed by atoms with E-state index in [0.29, 0.717) is 12.5 Å². The number of hydrogen-bond donors (Lipinski definition) is 0. The number of fused-ring (bicyclic) bond motifs is 1. The summed E-state index contributed by atoms with van der Waals surface area (Å²) >= 11 is 1.88. The molecule has 1 atom stereocenters. The summed E-state index contributed by atoms with van der Waals surface area (Å²) in [7, 11) is 4.10. The van der Waals surface area contributed by atoms with Gasteiger partial charge in [-0.2, -0.15) is 0 Å². The summed E-state index contributed by atoms with van der Waals surface area (Å²) in [5.74, 6) is 0.285. The van der Waals surface area contributed by atoms with Crippen molar-refractivity contribution in [1.82, 2.24) is 9.80 Å². The SMILES string of the molecule is CN1CCC(N(C)Cc2cc3ccccc3s2)CCC1=O. The summed E-state index contributed by atoms with van der Waals surface area (Å²) in [6.45, 7) is 1.85. The lowest BCUT2D eigenvalue weighted by Crippen LogP contribution is -2.32. The molecule has 0 spiro atoms. The van der Waals surface area contributed by atoms with Crippen molar-refractivity contribution in [3.05, 3.63) is 35.2 Å². The van der Waals surface area contributed by atoms with Gasteiger partial charge in [0, 0.05) is 42.2 Å². The van der Waals surface area contributed by atoms with Gasteiger partial charge in [-0.15, -0.1) is 11.3 Å². The van der Waals surface area contributed by atoms with Crippen LogP contribution in [0.5, 0.6) is 0 Å². The second-order valence-corrected chi connectivity index (χ2v) is 7.13. The van der Waals surface area contributed by atoms with Gasteiger partial charge >= 0.3 is 0 Å². The first-order valence-corrected chi connectivity index (χ1v) is 8.37. The Morgan fingerprint density at radius 3 is 2.95 bits per heavy atom. The molecule has 4 heteroatoms. The Balaban J connectivity index is 1.67. The molecule has 0 saturated carbocycles. The van der Waals surface area contributed by atoms with Gasteiger partial charge in [-0.25, -0.2) is 0 Å². The van der Waals surface area contributed by atoms with Crippen molar-refractivity contribution in [1.29, 1.82) is 0 Å². The molecule has 1 saturated heterocycles. The van der Waals surface area contributed by atoms with Gasteiger partial charge in [0.05, 0.1) is 0 Å². The van der Waals surface area contributed by atoms with Crippen molar-refractivity contribution in [2.24, 2.45) is 0 Å². The third-order valence-electron chi connectivity index (χ3n) is 4.42. The van der Waals surface area contributed by atoms with Gasteiger partial charge in [0.25, 0.3) is 0 Å². The van der Waals surface area contributed by atoms with E-state index in [1.165, 1.54) is 15.0 Å². The van der Waals surface area contributed by atoms with Crippen molar-refractivity contribution in [3.63, 3.8) is 0 Å². The molecule has 1 fully saturated rings. The Morgan fingerprint density at radius 1 is 1.33 bits per heavy atom. The Morgan fingerprint density at radius 2 is 2.14 bits per heavy atom. The fourth-order valence-electron chi connectivity index (χ4n) is 3.02. The van der Waals surface area contributed by atoms with E-state index in [1.807, 2.05) is 23.3 Å². The Bertz CT molecular complexity index is 604. The zero-order chi connectivity index (χ0) is 14.8. The highest BCUT2D eigenvalue weighted by Gasteiger charge is 2.23. The normalized spacial score (nSPS) is 20.2. The minimum atomic E-state index is 0.285. The molecular formula is C17H22N2OS. The molecule has 0 bridgehead atoms. The number of benzene rings is 1. The number of carbonyl (C=O) groups excluding carboxylic acids is 1. The highest BCUT2D eigenvalue weighted by atomic mass is 32.1. The van der Waals surface area contributed by atoms with Crippen LogP contribution in [0.4, 0.5) is 0 Å². The molecule has 0 radical (unpaired) electrons. The molecule has 1 amide bonds. The van der Waals surface area contributed by atoms with E-state index in [0.717, 1.165) is 25.9 Å². The summed E-state index contributed by atoms with van der Waals surface area (Å²) in [6, 6.07) is 11.3. The van der Waals surface area contributed by atoms with Crippen LogP contribution in [0, 0.1) is 0 Å². The second-order valence-electron chi connectivity index (χ2n) is 5.96. The van der Waals surface area contributed by atoms with E-state index in [1.54, 1.807) is 0 Å². The second kappa shape index (κ2) is 6.16. The molecule has 3 rings (SSSR count). The standard InChI is InChI=1S/C17H22N2OS/c1-18-10-9-14(7-8-17(18)20)19(2)12-15-11-13-5-3-4-6-16(13)21-15/h3-6,11,14H,7-10,12H2,1-2H3. The predicted molar refractivity (Wildman–Crippen MR) is 88.6 cm³/mol. The van der Waals surface area contributed by atoms with Crippen LogP contribution < -0.4 is 0 Å². The number of carbonyl (C=O) groups is 1. The van der Waals surface area contributed by atoms with Gasteiger partial charge in [0.15, 0.2) is 0 Å². The topological polar surface area (TPSA) is 23.6 Å². The van der Waals surface area contributed by atoms with Crippen LogP contribution in [0.15, 0.2) is 30.3 Å². The van der Waals surface area contributed by atoms with E-state index in [4.69, 9.17) is 0 Å². The van der Waals surface area contributed by atoms with Crippen LogP contribution in [-0.2, 0) is 11.3 Å². The quantitative estimate of drug-likeness (QED) is 0.868. The lowest BCUT2D eigenvalue weighted by atomic mass is 10.1. The molecule has 1 aliphatic heterocycles. The van der Waals surface area contributed by atoms with E-state index in [9.17, 15) is 4.79 Å². The molecule has 21 heavy (non-hydrogen) atoms. The molecular weight excluding hydrogens is 280 g/mol. The highest BCUT2D eigenvalue weighted by Crippen LogP contribution is 2.27. The van der Waals surface area contributed by atoms with Crippen LogP contribution in [0.25, 0.3) is 10.1 Å². The van der Waals surface area contributed by atoms with Crippen LogP contribution >= 0.6 is 11.3 Å². The molecule has 1 aromatic heterocycles. The first-order valence-electron chi connectivity index (χ1n) is 7.55. The average Bonchev–Trinajstić information content (AvgIpc) is 2.80. The minimum absolute atomic E-state index is 0.285. The number of likely N-dealkylation sites (tertiary alicyclic amines) is 1. The van der Waals surface area contributed by atoms with E-state index in [-0.39, 0.29) is 5.91 Å².